The number of rotatable bonds is 4. The number of nitrogens with one attached hydrogen (secondary N) is 2. The summed E-state index contributed by atoms with van der Waals surface area (Å²) < 4.78 is 5.01. The molecule has 0 amide bonds. The van der Waals surface area contributed by atoms with Gasteiger partial charge in [-0.15, -0.1) is 0 Å². The van der Waals surface area contributed by atoms with Crippen molar-refractivity contribution >= 4 is 17.5 Å². The van der Waals surface area contributed by atoms with Crippen molar-refractivity contribution in [3.63, 3.8) is 0 Å². The second-order valence-corrected chi connectivity index (χ2v) is 4.75. The summed E-state index contributed by atoms with van der Waals surface area (Å²) >= 11 is 0. The minimum absolute atomic E-state index is 0.327. The molecule has 2 N–H and O–H groups in total. The summed E-state index contributed by atoms with van der Waals surface area (Å²) in [6.07, 6.45) is 0. The van der Waals surface area contributed by atoms with Crippen molar-refractivity contribution < 1.29 is 9.53 Å². The summed E-state index contributed by atoms with van der Waals surface area (Å²) in [5.41, 5.74) is 9.70. The van der Waals surface area contributed by atoms with Crippen molar-refractivity contribution in [2.45, 2.75) is 20.8 Å². The fourth-order valence-corrected chi connectivity index (χ4v) is 2.06. The Bertz CT molecular complexity index is 645. The highest BCUT2D eigenvalue weighted by Crippen LogP contribution is 2.24. The van der Waals surface area contributed by atoms with Gasteiger partial charge in [-0.1, -0.05) is 18.7 Å². The van der Waals surface area contributed by atoms with Crippen molar-refractivity contribution in [2.75, 3.05) is 12.0 Å². The number of esters is 1. The summed E-state index contributed by atoms with van der Waals surface area (Å²) in [5.74, 6) is 0.181. The molecule has 0 saturated carbocycles. The monoisotopic (exact) mass is 285 g/mol. The molecule has 0 fully saturated rings. The zero-order valence-electron chi connectivity index (χ0n) is 12.5. The van der Waals surface area contributed by atoms with Gasteiger partial charge in [0.2, 0.25) is 0 Å². The Morgan fingerprint density at radius 2 is 2.10 bits per heavy atom. The van der Waals surface area contributed by atoms with E-state index in [1.165, 1.54) is 0 Å². The molecule has 0 spiro atoms. The number of benzene rings is 1. The average molecular weight is 285 g/mol. The molecule has 110 valence electrons. The molecule has 21 heavy (non-hydrogen) atoms. The Morgan fingerprint density at radius 3 is 2.76 bits per heavy atom. The van der Waals surface area contributed by atoms with Crippen LogP contribution < -0.4 is 10.9 Å². The van der Waals surface area contributed by atoms with Gasteiger partial charge in [-0.3, -0.25) is 10.9 Å². The van der Waals surface area contributed by atoms with Gasteiger partial charge in [-0.2, -0.15) is 0 Å². The van der Waals surface area contributed by atoms with E-state index in [0.717, 1.165) is 16.8 Å². The van der Waals surface area contributed by atoms with E-state index in [1.54, 1.807) is 6.92 Å². The van der Waals surface area contributed by atoms with E-state index in [9.17, 15) is 4.79 Å². The number of aliphatic imine (C=N–C) groups is 1. The quantitative estimate of drug-likeness (QED) is 0.659. The maximum Gasteiger partial charge on any atom is 0.340 e. The highest BCUT2D eigenvalue weighted by atomic mass is 16.5. The molecule has 0 saturated heterocycles. The summed E-state index contributed by atoms with van der Waals surface area (Å²) in [6.45, 7) is 9.72. The van der Waals surface area contributed by atoms with Gasteiger partial charge in [0.25, 0.3) is 0 Å². The fourth-order valence-electron chi connectivity index (χ4n) is 2.06. The SMILES string of the molecule is C=C1N=C(NNc2cccc(C)c2)C(C)=C1C(=O)OCC. The smallest absolute Gasteiger partial charge is 0.340 e. The first-order valence-electron chi connectivity index (χ1n) is 6.78. The maximum atomic E-state index is 11.9. The lowest BCUT2D eigenvalue weighted by Gasteiger charge is -2.10. The number of nitrogens with zero attached hydrogens (tertiary/aromatic N) is 1. The van der Waals surface area contributed by atoms with E-state index in [-0.39, 0.29) is 0 Å². The van der Waals surface area contributed by atoms with Crippen molar-refractivity contribution in [3.05, 3.63) is 53.3 Å². The first-order chi connectivity index (χ1) is 10.0. The molecule has 2 rings (SSSR count). The minimum Gasteiger partial charge on any atom is -0.462 e. The molecular formula is C16H19N3O2. The topological polar surface area (TPSA) is 62.7 Å². The Morgan fingerprint density at radius 1 is 1.33 bits per heavy atom. The van der Waals surface area contributed by atoms with Gasteiger partial charge in [0.15, 0.2) is 0 Å². The third kappa shape index (κ3) is 3.31. The third-order valence-electron chi connectivity index (χ3n) is 3.09. The zero-order chi connectivity index (χ0) is 15.4. The van der Waals surface area contributed by atoms with Gasteiger partial charge < -0.3 is 4.74 Å². The average Bonchev–Trinajstić information content (AvgIpc) is 2.71. The molecule has 1 aliphatic heterocycles. The molecular weight excluding hydrogens is 266 g/mol. The van der Waals surface area contributed by atoms with Crippen molar-refractivity contribution in [3.8, 4) is 0 Å². The van der Waals surface area contributed by atoms with Gasteiger partial charge in [0.05, 0.1) is 23.6 Å². The lowest BCUT2D eigenvalue weighted by atomic mass is 10.1. The third-order valence-corrected chi connectivity index (χ3v) is 3.09. The summed E-state index contributed by atoms with van der Waals surface area (Å²) in [6, 6.07) is 7.92. The number of carbonyl (C=O) groups excluding carboxylic acids is 1. The highest BCUT2D eigenvalue weighted by molar-refractivity contribution is 6.11. The lowest BCUT2D eigenvalue weighted by molar-refractivity contribution is -0.138. The molecule has 1 aromatic carbocycles. The van der Waals surface area contributed by atoms with Crippen LogP contribution in [0.2, 0.25) is 0 Å². The predicted molar refractivity (Wildman–Crippen MR) is 83.8 cm³/mol. The van der Waals surface area contributed by atoms with Crippen molar-refractivity contribution in [1.29, 1.82) is 0 Å². The normalized spacial score (nSPS) is 14.0. The molecule has 5 nitrogen and oxygen atoms in total. The number of hydrogen-bond donors (Lipinski definition) is 2. The zero-order valence-corrected chi connectivity index (χ0v) is 12.5. The number of carbonyl (C=O) groups is 1. The van der Waals surface area contributed by atoms with Gasteiger partial charge in [-0.25, -0.2) is 9.79 Å². The van der Waals surface area contributed by atoms with Crippen LogP contribution in [-0.2, 0) is 9.53 Å². The number of ether oxygens (including phenoxy) is 1. The number of amidine groups is 1. The number of aryl methyl sites for hydroxylation is 1. The van der Waals surface area contributed by atoms with E-state index in [0.29, 0.717) is 23.7 Å². The highest BCUT2D eigenvalue weighted by Gasteiger charge is 2.25. The molecule has 0 bridgehead atoms. The van der Waals surface area contributed by atoms with Gasteiger partial charge in [0.1, 0.15) is 5.84 Å². The van der Waals surface area contributed by atoms with Crippen LogP contribution in [0.15, 0.2) is 52.7 Å². The molecule has 0 atom stereocenters. The molecule has 0 unspecified atom stereocenters. The van der Waals surface area contributed by atoms with Crippen LogP contribution in [0, 0.1) is 6.92 Å². The largest absolute Gasteiger partial charge is 0.462 e. The summed E-state index contributed by atoms with van der Waals surface area (Å²) in [5, 5.41) is 0. The predicted octanol–water partition coefficient (Wildman–Crippen LogP) is 2.72. The number of hydrogen-bond acceptors (Lipinski definition) is 5. The Kier molecular flexibility index (Phi) is 4.42. The lowest BCUT2D eigenvalue weighted by Crippen LogP contribution is -2.29. The van der Waals surface area contributed by atoms with E-state index < -0.39 is 5.97 Å². The van der Waals surface area contributed by atoms with Crippen molar-refractivity contribution in [2.24, 2.45) is 4.99 Å². The minimum atomic E-state index is -0.392. The maximum absolute atomic E-state index is 11.9. The fraction of sp³-hybridized carbons (Fsp3) is 0.250. The van der Waals surface area contributed by atoms with Gasteiger partial charge in [-0.05, 0) is 38.5 Å². The van der Waals surface area contributed by atoms with Crippen LogP contribution >= 0.6 is 0 Å². The van der Waals surface area contributed by atoms with E-state index in [1.807, 2.05) is 38.1 Å². The van der Waals surface area contributed by atoms with E-state index >= 15 is 0 Å². The van der Waals surface area contributed by atoms with Crippen LogP contribution in [0.3, 0.4) is 0 Å². The Balaban J connectivity index is 2.09. The summed E-state index contributed by atoms with van der Waals surface area (Å²) in [4.78, 5) is 16.1. The standard InChI is InChI=1S/C16H19N3O2/c1-5-21-16(20)14-11(3)15(17-12(14)4)19-18-13-8-6-7-10(2)9-13/h6-9,18H,4-5H2,1-3H3,(H,17,19). The van der Waals surface area contributed by atoms with Crippen LogP contribution in [0.1, 0.15) is 19.4 Å². The summed E-state index contributed by atoms with van der Waals surface area (Å²) in [7, 11) is 0. The second-order valence-electron chi connectivity index (χ2n) is 4.75. The first kappa shape index (κ1) is 14.8. The van der Waals surface area contributed by atoms with Crippen LogP contribution in [0.4, 0.5) is 5.69 Å². The van der Waals surface area contributed by atoms with E-state index in [4.69, 9.17) is 4.74 Å². The molecule has 0 aliphatic carbocycles. The van der Waals surface area contributed by atoms with Crippen LogP contribution in [0.5, 0.6) is 0 Å². The van der Waals surface area contributed by atoms with Crippen LogP contribution in [-0.4, -0.2) is 18.4 Å². The Hall–Kier alpha value is -2.56. The number of hydrazine groups is 1. The molecule has 0 radical (unpaired) electrons. The molecule has 1 heterocycles. The van der Waals surface area contributed by atoms with E-state index in [2.05, 4.69) is 22.4 Å². The molecule has 0 aromatic heterocycles. The van der Waals surface area contributed by atoms with Crippen molar-refractivity contribution in [1.82, 2.24) is 5.43 Å². The Labute approximate surface area is 124 Å². The molecule has 5 heteroatoms. The number of anilines is 1. The first-order valence-corrected chi connectivity index (χ1v) is 6.78. The van der Waals surface area contributed by atoms with Gasteiger partial charge >= 0.3 is 5.97 Å². The van der Waals surface area contributed by atoms with Crippen LogP contribution in [0.25, 0.3) is 0 Å². The van der Waals surface area contributed by atoms with Gasteiger partial charge in [0, 0.05) is 5.57 Å². The molecule has 1 aromatic rings. The molecule has 1 aliphatic rings. The second kappa shape index (κ2) is 6.26.